The summed E-state index contributed by atoms with van der Waals surface area (Å²) in [6.45, 7) is 2.62. The summed E-state index contributed by atoms with van der Waals surface area (Å²) in [5.41, 5.74) is 4.48. The first kappa shape index (κ1) is 19.7. The average molecular weight is 401 g/mol. The molecule has 4 heterocycles. The molecule has 0 aromatic carbocycles. The van der Waals surface area contributed by atoms with Gasteiger partial charge in [-0.05, 0) is 45.3 Å². The van der Waals surface area contributed by atoms with Gasteiger partial charge < -0.3 is 15.2 Å². The second-order valence-corrected chi connectivity index (χ2v) is 7.36. The first-order chi connectivity index (χ1) is 14.5. The molecule has 4 aromatic heterocycles. The third-order valence-electron chi connectivity index (χ3n) is 4.61. The molecule has 1 amide bonds. The summed E-state index contributed by atoms with van der Waals surface area (Å²) in [5, 5.41) is 3.79. The Morgan fingerprint density at radius 2 is 2.00 bits per heavy atom. The van der Waals surface area contributed by atoms with Crippen LogP contribution in [0.1, 0.15) is 12.1 Å². The minimum Gasteiger partial charge on any atom is -0.346 e. The summed E-state index contributed by atoms with van der Waals surface area (Å²) in [5.74, 6) is 0.478. The molecule has 8 nitrogen and oxygen atoms in total. The standard InChI is InChI=1S/C22H23N7O/c1-14-5-4-6-18(25-14)22-27-20(17-7-9-24-21(17)28-22)15-11-16(13-23-12-15)26-19(30)8-10-29(2)3/h4-7,9,11-13H,8,10H2,1-3H3,(H,26,30)(H,24,27,28). The van der Waals surface area contributed by atoms with E-state index in [1.165, 1.54) is 0 Å². The van der Waals surface area contributed by atoms with Crippen LogP contribution in [0.3, 0.4) is 0 Å². The number of rotatable bonds is 6. The number of H-pyrrole nitrogens is 1. The lowest BCUT2D eigenvalue weighted by molar-refractivity contribution is -0.116. The molecule has 0 aliphatic carbocycles. The molecule has 152 valence electrons. The van der Waals surface area contributed by atoms with Crippen LogP contribution in [0.4, 0.5) is 5.69 Å². The highest BCUT2D eigenvalue weighted by Gasteiger charge is 2.14. The number of aromatic nitrogens is 5. The number of aromatic amines is 1. The Hall–Kier alpha value is -3.65. The highest BCUT2D eigenvalue weighted by molar-refractivity contribution is 5.94. The van der Waals surface area contributed by atoms with E-state index in [0.29, 0.717) is 30.2 Å². The number of carbonyl (C=O) groups is 1. The molecule has 2 N–H and O–H groups in total. The zero-order valence-electron chi connectivity index (χ0n) is 17.2. The molecule has 4 rings (SSSR count). The molecule has 0 unspecified atom stereocenters. The van der Waals surface area contributed by atoms with Gasteiger partial charge in [-0.15, -0.1) is 0 Å². The number of pyridine rings is 2. The molecule has 0 fully saturated rings. The molecule has 0 spiro atoms. The minimum atomic E-state index is -0.0539. The van der Waals surface area contributed by atoms with Crippen LogP contribution in [-0.4, -0.2) is 56.4 Å². The van der Waals surface area contributed by atoms with E-state index in [1.807, 2.05) is 62.4 Å². The van der Waals surface area contributed by atoms with Crippen molar-refractivity contribution in [1.82, 2.24) is 29.8 Å². The maximum absolute atomic E-state index is 12.2. The fourth-order valence-electron chi connectivity index (χ4n) is 3.13. The van der Waals surface area contributed by atoms with Crippen molar-refractivity contribution in [2.24, 2.45) is 0 Å². The van der Waals surface area contributed by atoms with Gasteiger partial charge in [-0.1, -0.05) is 6.07 Å². The van der Waals surface area contributed by atoms with E-state index in [2.05, 4.69) is 25.3 Å². The van der Waals surface area contributed by atoms with E-state index in [4.69, 9.17) is 4.98 Å². The molecule has 4 aromatic rings. The normalized spacial score (nSPS) is 11.2. The summed E-state index contributed by atoms with van der Waals surface area (Å²) in [4.78, 5) is 35.6. The summed E-state index contributed by atoms with van der Waals surface area (Å²) in [6.07, 6.45) is 5.61. The molecule has 0 saturated carbocycles. The Morgan fingerprint density at radius 3 is 2.80 bits per heavy atom. The molecule has 0 saturated heterocycles. The van der Waals surface area contributed by atoms with Crippen LogP contribution in [0.5, 0.6) is 0 Å². The molecule has 0 bridgehead atoms. The van der Waals surface area contributed by atoms with Crippen LogP contribution < -0.4 is 5.32 Å². The zero-order valence-corrected chi connectivity index (χ0v) is 17.2. The maximum Gasteiger partial charge on any atom is 0.225 e. The van der Waals surface area contributed by atoms with Gasteiger partial charge in [0.05, 0.1) is 17.6 Å². The van der Waals surface area contributed by atoms with E-state index in [9.17, 15) is 4.79 Å². The van der Waals surface area contributed by atoms with Gasteiger partial charge in [0.2, 0.25) is 5.91 Å². The van der Waals surface area contributed by atoms with Crippen LogP contribution >= 0.6 is 0 Å². The third-order valence-corrected chi connectivity index (χ3v) is 4.61. The van der Waals surface area contributed by atoms with Crippen molar-refractivity contribution >= 4 is 22.6 Å². The van der Waals surface area contributed by atoms with Gasteiger partial charge in [0.25, 0.3) is 0 Å². The monoisotopic (exact) mass is 401 g/mol. The first-order valence-electron chi connectivity index (χ1n) is 9.69. The predicted octanol–water partition coefficient (Wildman–Crippen LogP) is 3.28. The molecular weight excluding hydrogens is 378 g/mol. The Balaban J connectivity index is 1.71. The fraction of sp³-hybridized carbons (Fsp3) is 0.227. The number of nitrogens with one attached hydrogen (secondary N) is 2. The smallest absolute Gasteiger partial charge is 0.225 e. The van der Waals surface area contributed by atoms with Crippen LogP contribution in [-0.2, 0) is 4.79 Å². The van der Waals surface area contributed by atoms with Gasteiger partial charge in [-0.3, -0.25) is 9.78 Å². The van der Waals surface area contributed by atoms with E-state index < -0.39 is 0 Å². The van der Waals surface area contributed by atoms with Gasteiger partial charge >= 0.3 is 0 Å². The van der Waals surface area contributed by atoms with E-state index in [1.54, 1.807) is 12.4 Å². The lowest BCUT2D eigenvalue weighted by Crippen LogP contribution is -2.20. The second kappa shape index (κ2) is 8.38. The van der Waals surface area contributed by atoms with Crippen molar-refractivity contribution in [2.45, 2.75) is 13.3 Å². The van der Waals surface area contributed by atoms with Crippen molar-refractivity contribution in [3.05, 3.63) is 54.6 Å². The quantitative estimate of drug-likeness (QED) is 0.514. The van der Waals surface area contributed by atoms with Crippen LogP contribution in [0.2, 0.25) is 0 Å². The van der Waals surface area contributed by atoms with Gasteiger partial charge in [0.1, 0.15) is 11.3 Å². The lowest BCUT2D eigenvalue weighted by Gasteiger charge is -2.11. The van der Waals surface area contributed by atoms with E-state index >= 15 is 0 Å². The average Bonchev–Trinajstić information content (AvgIpc) is 3.20. The number of anilines is 1. The number of nitrogens with zero attached hydrogens (tertiary/aromatic N) is 5. The van der Waals surface area contributed by atoms with Gasteiger partial charge in [0.15, 0.2) is 5.82 Å². The Labute approximate surface area is 174 Å². The molecule has 0 atom stereocenters. The Morgan fingerprint density at radius 1 is 1.13 bits per heavy atom. The Bertz CT molecular complexity index is 1200. The topological polar surface area (TPSA) is 99.7 Å². The van der Waals surface area contributed by atoms with Crippen molar-refractivity contribution in [1.29, 1.82) is 0 Å². The number of carbonyl (C=O) groups excluding carboxylic acids is 1. The lowest BCUT2D eigenvalue weighted by atomic mass is 10.1. The highest BCUT2D eigenvalue weighted by Crippen LogP contribution is 2.29. The molecule has 30 heavy (non-hydrogen) atoms. The van der Waals surface area contributed by atoms with Crippen molar-refractivity contribution in [3.63, 3.8) is 0 Å². The van der Waals surface area contributed by atoms with Crippen molar-refractivity contribution in [2.75, 3.05) is 26.0 Å². The molecular formula is C22H23N7O. The number of fused-ring (bicyclic) bond motifs is 1. The molecule has 8 heteroatoms. The summed E-state index contributed by atoms with van der Waals surface area (Å²) >= 11 is 0. The first-order valence-corrected chi connectivity index (χ1v) is 9.69. The van der Waals surface area contributed by atoms with Crippen LogP contribution in [0.25, 0.3) is 33.8 Å². The van der Waals surface area contributed by atoms with Crippen molar-refractivity contribution in [3.8, 4) is 22.8 Å². The largest absolute Gasteiger partial charge is 0.346 e. The molecule has 0 aliphatic heterocycles. The van der Waals surface area contributed by atoms with Crippen LogP contribution in [0.15, 0.2) is 48.9 Å². The maximum atomic E-state index is 12.2. The summed E-state index contributed by atoms with van der Waals surface area (Å²) in [7, 11) is 3.88. The zero-order chi connectivity index (χ0) is 21.1. The van der Waals surface area contributed by atoms with Gasteiger partial charge in [0, 0.05) is 42.0 Å². The fourth-order valence-corrected chi connectivity index (χ4v) is 3.13. The minimum absolute atomic E-state index is 0.0539. The van der Waals surface area contributed by atoms with Crippen LogP contribution in [0, 0.1) is 6.92 Å². The molecule has 0 aliphatic rings. The predicted molar refractivity (Wildman–Crippen MR) is 117 cm³/mol. The van der Waals surface area contributed by atoms with Gasteiger partial charge in [-0.25, -0.2) is 15.0 Å². The SMILES string of the molecule is Cc1cccc(-c2nc(-c3cncc(NC(=O)CCN(C)C)c3)c3cc[nH]c3n2)n1. The van der Waals surface area contributed by atoms with Gasteiger partial charge in [-0.2, -0.15) is 0 Å². The summed E-state index contributed by atoms with van der Waals surface area (Å²) < 4.78 is 0. The second-order valence-electron chi connectivity index (χ2n) is 7.36. The Kier molecular flexibility index (Phi) is 5.49. The van der Waals surface area contributed by atoms with Crippen molar-refractivity contribution < 1.29 is 4.79 Å². The number of amides is 1. The molecule has 0 radical (unpaired) electrons. The van der Waals surface area contributed by atoms with E-state index in [0.717, 1.165) is 28.0 Å². The number of aryl methyl sites for hydroxylation is 1. The van der Waals surface area contributed by atoms with E-state index in [-0.39, 0.29) is 5.91 Å². The number of hydrogen-bond donors (Lipinski definition) is 2. The highest BCUT2D eigenvalue weighted by atomic mass is 16.1. The summed E-state index contributed by atoms with van der Waals surface area (Å²) in [6, 6.07) is 9.57. The number of hydrogen-bond acceptors (Lipinski definition) is 6. The third kappa shape index (κ3) is 4.33.